The van der Waals surface area contributed by atoms with Gasteiger partial charge in [0.05, 0.1) is 29.7 Å². The van der Waals surface area contributed by atoms with Crippen molar-refractivity contribution in [2.24, 2.45) is 0 Å². The standard InChI is InChI=1S/C28H28N2O3/c1-3-27-29-23-8-4-5-9-25(23)30(27)24-10-6-7-20(18(24)2)13-11-19-12-14-22-21(16-28(31)32)17-33-26(22)15-19/h4-10,12,14-15,21H,3,11,13,16-17H2,1-2H3,(H,31,32)/t21-/m1/s1. The first-order chi connectivity index (χ1) is 16.0. The van der Waals surface area contributed by atoms with Crippen LogP contribution in [0.2, 0.25) is 0 Å². The lowest BCUT2D eigenvalue weighted by atomic mass is 9.94. The largest absolute Gasteiger partial charge is 0.493 e. The molecule has 0 bridgehead atoms. The zero-order valence-electron chi connectivity index (χ0n) is 19.0. The number of imidazole rings is 1. The molecule has 4 aromatic rings. The summed E-state index contributed by atoms with van der Waals surface area (Å²) in [7, 11) is 0. The number of aliphatic carboxylic acids is 1. The summed E-state index contributed by atoms with van der Waals surface area (Å²) in [4.78, 5) is 15.9. The molecule has 1 N–H and O–H groups in total. The van der Waals surface area contributed by atoms with E-state index in [2.05, 4.69) is 66.9 Å². The van der Waals surface area contributed by atoms with Crippen molar-refractivity contribution in [1.29, 1.82) is 0 Å². The zero-order chi connectivity index (χ0) is 22.9. The zero-order valence-corrected chi connectivity index (χ0v) is 19.0. The summed E-state index contributed by atoms with van der Waals surface area (Å²) < 4.78 is 8.08. The summed E-state index contributed by atoms with van der Waals surface area (Å²) in [6.45, 7) is 4.79. The van der Waals surface area contributed by atoms with Crippen LogP contribution in [-0.2, 0) is 24.1 Å². The van der Waals surface area contributed by atoms with Crippen molar-refractivity contribution in [1.82, 2.24) is 9.55 Å². The van der Waals surface area contributed by atoms with Crippen LogP contribution in [-0.4, -0.2) is 27.2 Å². The molecule has 0 spiro atoms. The number of nitrogens with zero attached hydrogens (tertiary/aromatic N) is 2. The van der Waals surface area contributed by atoms with E-state index in [1.54, 1.807) is 0 Å². The van der Waals surface area contributed by atoms with Gasteiger partial charge in [0.1, 0.15) is 11.6 Å². The third kappa shape index (κ3) is 3.99. The van der Waals surface area contributed by atoms with E-state index in [-0.39, 0.29) is 12.3 Å². The highest BCUT2D eigenvalue weighted by molar-refractivity contribution is 5.78. The maximum Gasteiger partial charge on any atom is 0.304 e. The van der Waals surface area contributed by atoms with Crippen molar-refractivity contribution in [3.63, 3.8) is 0 Å². The molecule has 0 unspecified atom stereocenters. The van der Waals surface area contributed by atoms with E-state index in [4.69, 9.17) is 14.8 Å². The molecule has 3 aromatic carbocycles. The summed E-state index contributed by atoms with van der Waals surface area (Å²) in [6, 6.07) is 21.1. The van der Waals surface area contributed by atoms with E-state index in [1.165, 1.54) is 22.4 Å². The van der Waals surface area contributed by atoms with Crippen LogP contribution in [0.5, 0.6) is 5.75 Å². The second-order valence-electron chi connectivity index (χ2n) is 8.74. The Balaban J connectivity index is 1.40. The van der Waals surface area contributed by atoms with E-state index >= 15 is 0 Å². The van der Waals surface area contributed by atoms with Gasteiger partial charge in [0.2, 0.25) is 0 Å². The van der Waals surface area contributed by atoms with Crippen molar-refractivity contribution >= 4 is 17.0 Å². The number of fused-ring (bicyclic) bond motifs is 2. The number of rotatable bonds is 7. The van der Waals surface area contributed by atoms with Gasteiger partial charge in [0.15, 0.2) is 0 Å². The van der Waals surface area contributed by atoms with E-state index < -0.39 is 5.97 Å². The molecular formula is C28H28N2O3. The fourth-order valence-corrected chi connectivity index (χ4v) is 4.90. The average Bonchev–Trinajstić information content (AvgIpc) is 3.39. The molecule has 1 aromatic heterocycles. The number of carbonyl (C=O) groups is 1. The molecule has 0 saturated carbocycles. The number of hydrogen-bond acceptors (Lipinski definition) is 3. The minimum Gasteiger partial charge on any atom is -0.493 e. The van der Waals surface area contributed by atoms with Gasteiger partial charge in [-0.1, -0.05) is 43.3 Å². The van der Waals surface area contributed by atoms with Crippen LogP contribution >= 0.6 is 0 Å². The van der Waals surface area contributed by atoms with E-state index in [9.17, 15) is 4.79 Å². The van der Waals surface area contributed by atoms with E-state index in [0.717, 1.165) is 47.4 Å². The van der Waals surface area contributed by atoms with Crippen molar-refractivity contribution in [3.05, 3.63) is 88.7 Å². The second kappa shape index (κ2) is 8.74. The molecule has 0 radical (unpaired) electrons. The topological polar surface area (TPSA) is 64.4 Å². The van der Waals surface area contributed by atoms with E-state index in [1.807, 2.05) is 12.1 Å². The summed E-state index contributed by atoms with van der Waals surface area (Å²) in [5.41, 5.74) is 8.16. The van der Waals surface area contributed by atoms with Crippen LogP contribution < -0.4 is 4.74 Å². The molecule has 1 atom stereocenters. The van der Waals surface area contributed by atoms with Crippen LogP contribution in [0.15, 0.2) is 60.7 Å². The van der Waals surface area contributed by atoms with Crippen LogP contribution in [0.4, 0.5) is 0 Å². The minimum atomic E-state index is -0.784. The normalized spacial score (nSPS) is 14.9. The SMILES string of the molecule is CCc1nc2ccccc2n1-c1cccc(CCc2ccc3c(c2)OC[C@H]3CC(=O)O)c1C. The lowest BCUT2D eigenvalue weighted by Gasteiger charge is -2.15. The van der Waals surface area contributed by atoms with Crippen LogP contribution in [0.1, 0.15) is 47.3 Å². The summed E-state index contributed by atoms with van der Waals surface area (Å²) >= 11 is 0. The fraction of sp³-hybridized carbons (Fsp3) is 0.286. The van der Waals surface area contributed by atoms with Crippen molar-refractivity contribution in [2.45, 2.75) is 45.4 Å². The number of aryl methyl sites for hydroxylation is 3. The third-order valence-electron chi connectivity index (χ3n) is 6.67. The Hall–Kier alpha value is -3.60. The van der Waals surface area contributed by atoms with Gasteiger partial charge in [-0.25, -0.2) is 4.98 Å². The van der Waals surface area contributed by atoms with Gasteiger partial charge in [-0.15, -0.1) is 0 Å². The highest BCUT2D eigenvalue weighted by Gasteiger charge is 2.26. The Kier molecular flexibility index (Phi) is 5.63. The van der Waals surface area contributed by atoms with Crippen molar-refractivity contribution in [2.75, 3.05) is 6.61 Å². The van der Waals surface area contributed by atoms with Gasteiger partial charge in [0.25, 0.3) is 0 Å². The van der Waals surface area contributed by atoms with Gasteiger partial charge in [-0.2, -0.15) is 0 Å². The van der Waals surface area contributed by atoms with Gasteiger partial charge >= 0.3 is 5.97 Å². The molecule has 1 aliphatic rings. The van der Waals surface area contributed by atoms with Gasteiger partial charge in [0, 0.05) is 17.9 Å². The number of hydrogen-bond donors (Lipinski definition) is 1. The highest BCUT2D eigenvalue weighted by atomic mass is 16.5. The lowest BCUT2D eigenvalue weighted by molar-refractivity contribution is -0.137. The molecule has 0 saturated heterocycles. The monoisotopic (exact) mass is 440 g/mol. The molecule has 0 amide bonds. The van der Waals surface area contributed by atoms with Crippen LogP contribution in [0.3, 0.4) is 0 Å². The lowest BCUT2D eigenvalue weighted by Crippen LogP contribution is -2.07. The quantitative estimate of drug-likeness (QED) is 0.404. The molecule has 0 aliphatic carbocycles. The van der Waals surface area contributed by atoms with Crippen LogP contribution in [0.25, 0.3) is 16.7 Å². The summed E-state index contributed by atoms with van der Waals surface area (Å²) in [5.74, 6) is 1.07. The minimum absolute atomic E-state index is 0.0526. The number of carboxylic acid groups (broad SMARTS) is 1. The Morgan fingerprint density at radius 2 is 1.97 bits per heavy atom. The first-order valence-corrected chi connectivity index (χ1v) is 11.6. The molecule has 0 fully saturated rings. The molecule has 1 aliphatic heterocycles. The number of carboxylic acids is 1. The smallest absolute Gasteiger partial charge is 0.304 e. The number of benzene rings is 3. The van der Waals surface area contributed by atoms with Crippen molar-refractivity contribution < 1.29 is 14.6 Å². The van der Waals surface area contributed by atoms with Gasteiger partial charge in [-0.05, 0) is 60.7 Å². The molecular weight excluding hydrogens is 412 g/mol. The third-order valence-corrected chi connectivity index (χ3v) is 6.67. The number of para-hydroxylation sites is 2. The maximum absolute atomic E-state index is 11.1. The number of ether oxygens (including phenoxy) is 1. The Labute approximate surface area is 193 Å². The summed E-state index contributed by atoms with van der Waals surface area (Å²) in [6.07, 6.45) is 2.80. The van der Waals surface area contributed by atoms with Gasteiger partial charge in [-0.3, -0.25) is 9.36 Å². The fourth-order valence-electron chi connectivity index (χ4n) is 4.90. The molecule has 5 rings (SSSR count). The highest BCUT2D eigenvalue weighted by Crippen LogP contribution is 2.37. The average molecular weight is 441 g/mol. The van der Waals surface area contributed by atoms with Crippen LogP contribution in [0, 0.1) is 6.92 Å². The first kappa shape index (κ1) is 21.3. The Morgan fingerprint density at radius 1 is 1.12 bits per heavy atom. The molecule has 33 heavy (non-hydrogen) atoms. The molecule has 5 heteroatoms. The Bertz CT molecular complexity index is 1340. The second-order valence-corrected chi connectivity index (χ2v) is 8.74. The van der Waals surface area contributed by atoms with E-state index in [0.29, 0.717) is 6.61 Å². The van der Waals surface area contributed by atoms with Gasteiger partial charge < -0.3 is 9.84 Å². The molecule has 5 nitrogen and oxygen atoms in total. The predicted molar refractivity (Wildman–Crippen MR) is 130 cm³/mol. The first-order valence-electron chi connectivity index (χ1n) is 11.6. The Morgan fingerprint density at radius 3 is 2.79 bits per heavy atom. The van der Waals surface area contributed by atoms with Crippen molar-refractivity contribution in [3.8, 4) is 11.4 Å². The number of aromatic nitrogens is 2. The maximum atomic E-state index is 11.1. The summed E-state index contributed by atoms with van der Waals surface area (Å²) in [5, 5.41) is 9.11. The molecule has 168 valence electrons. The predicted octanol–water partition coefficient (Wildman–Crippen LogP) is 5.63. The molecule has 2 heterocycles.